The lowest BCUT2D eigenvalue weighted by Crippen LogP contribution is -2.57. The fourth-order valence-corrected chi connectivity index (χ4v) is 3.25. The van der Waals surface area contributed by atoms with Crippen molar-refractivity contribution in [1.82, 2.24) is 10.0 Å². The summed E-state index contributed by atoms with van der Waals surface area (Å²) < 4.78 is 5.42. The second-order valence-electron chi connectivity index (χ2n) is 5.83. The van der Waals surface area contributed by atoms with E-state index in [1.165, 1.54) is 11.1 Å². The average Bonchev–Trinajstić information content (AvgIpc) is 2.53. The first kappa shape index (κ1) is 14.5. The van der Waals surface area contributed by atoms with Crippen molar-refractivity contribution < 1.29 is 14.6 Å². The summed E-state index contributed by atoms with van der Waals surface area (Å²) in [5.41, 5.74) is 2.58. The maximum absolute atomic E-state index is 11.5. The summed E-state index contributed by atoms with van der Waals surface area (Å²) in [5.74, 6) is -1.11. The molecule has 5 nitrogen and oxygen atoms in total. The number of fused-ring (bicyclic) bond motifs is 1. The number of carbonyl (C=O) groups is 1. The van der Waals surface area contributed by atoms with Gasteiger partial charge in [0.2, 0.25) is 0 Å². The van der Waals surface area contributed by atoms with Gasteiger partial charge in [-0.3, -0.25) is 4.79 Å². The molecule has 1 saturated heterocycles. The zero-order valence-electron chi connectivity index (χ0n) is 12.4. The average molecular weight is 290 g/mol. The highest BCUT2D eigenvalue weighted by atomic mass is 16.5. The maximum Gasteiger partial charge on any atom is 0.307 e. The molecule has 2 aliphatic rings. The largest absolute Gasteiger partial charge is 0.481 e. The standard InChI is InChI=1S/C16H22N2O3/c1-12(16(19)20)15-10-13-4-2-3-5-14(13)11-18(15)17-6-8-21-9-7-17/h2-5,12,15H,6-11H2,1H3,(H,19,20). The lowest BCUT2D eigenvalue weighted by Gasteiger charge is -2.46. The SMILES string of the molecule is CC(C(=O)O)C1Cc2ccccc2CN1N1CCOCC1. The fraction of sp³-hybridized carbons (Fsp3) is 0.562. The minimum Gasteiger partial charge on any atom is -0.481 e. The highest BCUT2D eigenvalue weighted by Crippen LogP contribution is 2.29. The molecule has 5 heteroatoms. The summed E-state index contributed by atoms with van der Waals surface area (Å²) >= 11 is 0. The molecule has 0 spiro atoms. The Hall–Kier alpha value is -1.43. The van der Waals surface area contributed by atoms with E-state index in [9.17, 15) is 9.90 Å². The molecule has 21 heavy (non-hydrogen) atoms. The number of nitrogens with zero attached hydrogens (tertiary/aromatic N) is 2. The normalized spacial score (nSPS) is 25.3. The number of morpholine rings is 1. The van der Waals surface area contributed by atoms with Crippen LogP contribution >= 0.6 is 0 Å². The zero-order valence-corrected chi connectivity index (χ0v) is 12.4. The van der Waals surface area contributed by atoms with Crippen molar-refractivity contribution in [3.05, 3.63) is 35.4 Å². The molecule has 2 aliphatic heterocycles. The topological polar surface area (TPSA) is 53.0 Å². The van der Waals surface area contributed by atoms with E-state index < -0.39 is 5.97 Å². The molecule has 0 radical (unpaired) electrons. The Bertz CT molecular complexity index is 514. The summed E-state index contributed by atoms with van der Waals surface area (Å²) in [6.45, 7) is 5.71. The number of benzene rings is 1. The first-order valence-electron chi connectivity index (χ1n) is 7.55. The number of ether oxygens (including phenoxy) is 1. The van der Waals surface area contributed by atoms with Crippen LogP contribution in [0.1, 0.15) is 18.1 Å². The van der Waals surface area contributed by atoms with Gasteiger partial charge in [-0.25, -0.2) is 10.0 Å². The van der Waals surface area contributed by atoms with Gasteiger partial charge in [0.1, 0.15) is 0 Å². The van der Waals surface area contributed by atoms with E-state index >= 15 is 0 Å². The number of aliphatic carboxylic acids is 1. The summed E-state index contributed by atoms with van der Waals surface area (Å²) in [6.07, 6.45) is 0.793. The van der Waals surface area contributed by atoms with E-state index in [1.807, 2.05) is 13.0 Å². The first-order valence-corrected chi connectivity index (χ1v) is 7.55. The van der Waals surface area contributed by atoms with E-state index in [1.54, 1.807) is 0 Å². The van der Waals surface area contributed by atoms with Crippen LogP contribution in [-0.4, -0.2) is 53.4 Å². The van der Waals surface area contributed by atoms with Crippen LogP contribution in [0.4, 0.5) is 0 Å². The fourth-order valence-electron chi connectivity index (χ4n) is 3.25. The Morgan fingerprint density at radius 2 is 1.95 bits per heavy atom. The molecule has 2 heterocycles. The van der Waals surface area contributed by atoms with Gasteiger partial charge in [0, 0.05) is 25.7 Å². The molecule has 2 atom stereocenters. The third kappa shape index (κ3) is 2.95. The number of carboxylic acid groups (broad SMARTS) is 1. The molecule has 114 valence electrons. The van der Waals surface area contributed by atoms with Crippen molar-refractivity contribution in [1.29, 1.82) is 0 Å². The van der Waals surface area contributed by atoms with Crippen molar-refractivity contribution in [2.45, 2.75) is 25.9 Å². The number of hydrogen-bond donors (Lipinski definition) is 1. The minimum atomic E-state index is -0.724. The molecule has 1 aromatic carbocycles. The monoisotopic (exact) mass is 290 g/mol. The van der Waals surface area contributed by atoms with Crippen LogP contribution in [0.15, 0.2) is 24.3 Å². The van der Waals surface area contributed by atoms with E-state index in [0.717, 1.165) is 26.1 Å². The molecule has 3 rings (SSSR count). The second-order valence-corrected chi connectivity index (χ2v) is 5.83. The molecule has 0 aliphatic carbocycles. The molecular formula is C16H22N2O3. The van der Waals surface area contributed by atoms with Crippen LogP contribution in [0.3, 0.4) is 0 Å². The number of hydrazine groups is 1. The van der Waals surface area contributed by atoms with Crippen LogP contribution in [-0.2, 0) is 22.5 Å². The van der Waals surface area contributed by atoms with E-state index in [-0.39, 0.29) is 12.0 Å². The van der Waals surface area contributed by atoms with Gasteiger partial charge < -0.3 is 9.84 Å². The molecule has 0 aromatic heterocycles. The summed E-state index contributed by atoms with van der Waals surface area (Å²) in [6, 6.07) is 8.36. The molecule has 1 fully saturated rings. The van der Waals surface area contributed by atoms with Gasteiger partial charge in [-0.1, -0.05) is 31.2 Å². The lowest BCUT2D eigenvalue weighted by atomic mass is 9.88. The molecular weight excluding hydrogens is 268 g/mol. The second kappa shape index (κ2) is 6.13. The summed E-state index contributed by atoms with van der Waals surface area (Å²) in [7, 11) is 0. The van der Waals surface area contributed by atoms with E-state index in [2.05, 4.69) is 28.2 Å². The Labute approximate surface area is 125 Å². The van der Waals surface area contributed by atoms with Crippen LogP contribution in [0, 0.1) is 5.92 Å². The van der Waals surface area contributed by atoms with Gasteiger partial charge >= 0.3 is 5.97 Å². The molecule has 0 saturated carbocycles. The first-order chi connectivity index (χ1) is 10.2. The van der Waals surface area contributed by atoms with Crippen LogP contribution < -0.4 is 0 Å². The third-order valence-electron chi connectivity index (χ3n) is 4.58. The molecule has 0 bridgehead atoms. The van der Waals surface area contributed by atoms with Gasteiger partial charge in [-0.15, -0.1) is 0 Å². The zero-order chi connectivity index (χ0) is 14.8. The number of hydrogen-bond acceptors (Lipinski definition) is 4. The van der Waals surface area contributed by atoms with Crippen LogP contribution in [0.25, 0.3) is 0 Å². The Kier molecular flexibility index (Phi) is 4.24. The number of carboxylic acids is 1. The van der Waals surface area contributed by atoms with Crippen molar-refractivity contribution in [3.63, 3.8) is 0 Å². The summed E-state index contributed by atoms with van der Waals surface area (Å²) in [4.78, 5) is 11.5. The van der Waals surface area contributed by atoms with Crippen LogP contribution in [0.5, 0.6) is 0 Å². The smallest absolute Gasteiger partial charge is 0.307 e. The predicted octanol–water partition coefficient (Wildman–Crippen LogP) is 1.38. The van der Waals surface area contributed by atoms with Crippen molar-refractivity contribution in [2.24, 2.45) is 5.92 Å². The highest BCUT2D eigenvalue weighted by molar-refractivity contribution is 5.70. The van der Waals surface area contributed by atoms with Gasteiger partial charge in [0.15, 0.2) is 0 Å². The van der Waals surface area contributed by atoms with Gasteiger partial charge in [-0.05, 0) is 17.5 Å². The van der Waals surface area contributed by atoms with Crippen LogP contribution in [0.2, 0.25) is 0 Å². The number of rotatable bonds is 3. The lowest BCUT2D eigenvalue weighted by molar-refractivity contribution is -0.157. The van der Waals surface area contributed by atoms with E-state index in [4.69, 9.17) is 4.74 Å². The van der Waals surface area contributed by atoms with Gasteiger partial charge in [0.05, 0.1) is 19.1 Å². The van der Waals surface area contributed by atoms with Crippen molar-refractivity contribution in [3.8, 4) is 0 Å². The van der Waals surface area contributed by atoms with Gasteiger partial charge in [-0.2, -0.15) is 0 Å². The molecule has 1 N–H and O–H groups in total. The van der Waals surface area contributed by atoms with E-state index in [0.29, 0.717) is 13.2 Å². The third-order valence-corrected chi connectivity index (χ3v) is 4.58. The maximum atomic E-state index is 11.5. The Morgan fingerprint density at radius 1 is 1.29 bits per heavy atom. The minimum absolute atomic E-state index is 0.00972. The molecule has 2 unspecified atom stereocenters. The quantitative estimate of drug-likeness (QED) is 0.911. The Balaban J connectivity index is 1.88. The van der Waals surface area contributed by atoms with Crippen molar-refractivity contribution in [2.75, 3.05) is 26.3 Å². The molecule has 0 amide bonds. The predicted molar refractivity (Wildman–Crippen MR) is 78.7 cm³/mol. The summed E-state index contributed by atoms with van der Waals surface area (Å²) in [5, 5.41) is 13.9. The highest BCUT2D eigenvalue weighted by Gasteiger charge is 2.36. The molecule has 1 aromatic rings. The Morgan fingerprint density at radius 3 is 2.62 bits per heavy atom. The van der Waals surface area contributed by atoms with Crippen molar-refractivity contribution >= 4 is 5.97 Å². The van der Waals surface area contributed by atoms with Gasteiger partial charge in [0.25, 0.3) is 0 Å².